The second kappa shape index (κ2) is 17.2. The van der Waals surface area contributed by atoms with Gasteiger partial charge in [-0.25, -0.2) is 8.78 Å². The lowest BCUT2D eigenvalue weighted by molar-refractivity contribution is -0.167. The summed E-state index contributed by atoms with van der Waals surface area (Å²) in [5.74, 6) is -0.766. The highest BCUT2D eigenvalue weighted by Gasteiger charge is 2.38. The number of amides is 1. The molecule has 0 bridgehead atoms. The van der Waals surface area contributed by atoms with E-state index in [0.29, 0.717) is 37.5 Å². The Balaban J connectivity index is 0.000000368. The molecule has 0 saturated carbocycles. The Morgan fingerprint density at radius 2 is 1.38 bits per heavy atom. The maximum atomic E-state index is 13.0. The number of β-lactam (4-membered cyclic amide) rings is 1. The normalized spacial score (nSPS) is 16.3. The SMILES string of the molecule is C.CC.CC.CCC1(c2ccc(F)cc2)OCCO1.O=COc1ccc(C2CC(=O)N2c2ccc(F)cc2)cc1. The number of hydrogen-bond acceptors (Lipinski definition) is 5. The number of anilines is 1. The van der Waals surface area contributed by atoms with Crippen LogP contribution >= 0.6 is 0 Å². The van der Waals surface area contributed by atoms with E-state index < -0.39 is 5.79 Å². The Hall–Kier alpha value is -3.62. The molecule has 0 N–H and O–H groups in total. The minimum Gasteiger partial charge on any atom is -0.429 e. The second-order valence-electron chi connectivity index (χ2n) is 8.05. The quantitative estimate of drug-likeness (QED) is 0.227. The van der Waals surface area contributed by atoms with E-state index in [9.17, 15) is 18.4 Å². The van der Waals surface area contributed by atoms with Gasteiger partial charge in [0, 0.05) is 17.7 Å². The molecule has 0 aromatic heterocycles. The molecule has 6 nitrogen and oxygen atoms in total. The topological polar surface area (TPSA) is 65.1 Å². The molecule has 2 saturated heterocycles. The second-order valence-corrected chi connectivity index (χ2v) is 8.05. The fourth-order valence-corrected chi connectivity index (χ4v) is 4.17. The van der Waals surface area contributed by atoms with Crippen LogP contribution in [-0.2, 0) is 24.8 Å². The van der Waals surface area contributed by atoms with Crippen molar-refractivity contribution < 1.29 is 32.6 Å². The van der Waals surface area contributed by atoms with E-state index in [4.69, 9.17) is 14.2 Å². The molecule has 218 valence electrons. The van der Waals surface area contributed by atoms with Gasteiger partial charge in [0.25, 0.3) is 6.47 Å². The average Bonchev–Trinajstić information content (AvgIpc) is 3.47. The molecule has 0 aliphatic carbocycles. The van der Waals surface area contributed by atoms with Gasteiger partial charge in [-0.05, 0) is 54.1 Å². The minimum atomic E-state index is -0.645. The van der Waals surface area contributed by atoms with Gasteiger partial charge in [-0.15, -0.1) is 0 Å². The number of rotatable bonds is 6. The van der Waals surface area contributed by atoms with Crippen LogP contribution in [0.15, 0.2) is 72.8 Å². The van der Waals surface area contributed by atoms with Crippen molar-refractivity contribution in [3.8, 4) is 5.75 Å². The minimum absolute atomic E-state index is 0. The van der Waals surface area contributed by atoms with Crippen molar-refractivity contribution in [2.24, 2.45) is 0 Å². The van der Waals surface area contributed by atoms with E-state index in [2.05, 4.69) is 0 Å². The summed E-state index contributed by atoms with van der Waals surface area (Å²) >= 11 is 0. The van der Waals surface area contributed by atoms with Gasteiger partial charge in [-0.2, -0.15) is 0 Å². The molecule has 3 aromatic rings. The van der Waals surface area contributed by atoms with Crippen molar-refractivity contribution in [1.29, 1.82) is 0 Å². The Labute approximate surface area is 236 Å². The Bertz CT molecular complexity index is 1150. The molecule has 1 unspecified atom stereocenters. The summed E-state index contributed by atoms with van der Waals surface area (Å²) in [4.78, 5) is 23.7. The number of ether oxygens (including phenoxy) is 3. The molecular weight excluding hydrogens is 516 g/mol. The van der Waals surface area contributed by atoms with Gasteiger partial charge in [0.15, 0.2) is 5.79 Å². The summed E-state index contributed by atoms with van der Waals surface area (Å²) in [5.41, 5.74) is 2.50. The molecule has 0 spiro atoms. The number of halogens is 2. The van der Waals surface area contributed by atoms with Gasteiger partial charge in [0.1, 0.15) is 17.4 Å². The number of carbonyl (C=O) groups excluding carboxylic acids is 2. The first-order valence-electron chi connectivity index (χ1n) is 13.3. The van der Waals surface area contributed by atoms with Crippen molar-refractivity contribution in [3.63, 3.8) is 0 Å². The first kappa shape index (κ1) is 34.4. The van der Waals surface area contributed by atoms with Gasteiger partial charge in [-0.3, -0.25) is 9.59 Å². The summed E-state index contributed by atoms with van der Waals surface area (Å²) in [6.45, 7) is 11.6. The maximum absolute atomic E-state index is 13.0. The lowest BCUT2D eigenvalue weighted by atomic mass is 9.93. The van der Waals surface area contributed by atoms with Gasteiger partial charge in [-0.1, -0.05) is 66.3 Å². The van der Waals surface area contributed by atoms with Crippen molar-refractivity contribution in [2.75, 3.05) is 18.1 Å². The van der Waals surface area contributed by atoms with Crippen molar-refractivity contribution >= 4 is 18.1 Å². The van der Waals surface area contributed by atoms with Gasteiger partial charge in [0.05, 0.1) is 25.7 Å². The summed E-state index contributed by atoms with van der Waals surface area (Å²) in [6, 6.07) is 19.0. The fourth-order valence-electron chi connectivity index (χ4n) is 4.17. The van der Waals surface area contributed by atoms with Crippen LogP contribution in [-0.4, -0.2) is 25.6 Å². The third-order valence-electron chi connectivity index (χ3n) is 6.01. The third kappa shape index (κ3) is 8.44. The number of hydrogen-bond donors (Lipinski definition) is 0. The molecule has 8 heteroatoms. The highest BCUT2D eigenvalue weighted by molar-refractivity contribution is 6.01. The standard InChI is InChI=1S/C16H12FNO3.C11H13FO2.2C2H6.CH4/c17-12-3-5-13(6-4-12)18-15(9-16(18)20)11-1-7-14(8-2-11)21-10-19;1-2-11(13-7-8-14-11)9-3-5-10(12)6-4-9;2*1-2;/h1-8,10,15H,9H2;3-6H,2,7-8H2,1H3;2*1-2H3;1H4. The lowest BCUT2D eigenvalue weighted by Crippen LogP contribution is -2.46. The van der Waals surface area contributed by atoms with E-state index >= 15 is 0 Å². The zero-order chi connectivity index (χ0) is 28.8. The molecule has 1 atom stereocenters. The smallest absolute Gasteiger partial charge is 0.298 e. The van der Waals surface area contributed by atoms with Crippen molar-refractivity contribution in [1.82, 2.24) is 0 Å². The monoisotopic (exact) mass is 557 g/mol. The predicted octanol–water partition coefficient (Wildman–Crippen LogP) is 7.96. The molecule has 1 amide bonds. The average molecular weight is 558 g/mol. The van der Waals surface area contributed by atoms with Crippen LogP contribution in [0.5, 0.6) is 5.75 Å². The van der Waals surface area contributed by atoms with E-state index in [1.54, 1.807) is 41.3 Å². The molecule has 5 rings (SSSR count). The van der Waals surface area contributed by atoms with Crippen LogP contribution in [0.2, 0.25) is 0 Å². The van der Waals surface area contributed by atoms with E-state index in [1.165, 1.54) is 24.3 Å². The van der Waals surface area contributed by atoms with Gasteiger partial charge in [0.2, 0.25) is 5.91 Å². The maximum Gasteiger partial charge on any atom is 0.298 e. The first-order valence-corrected chi connectivity index (χ1v) is 13.3. The van der Waals surface area contributed by atoms with Crippen LogP contribution < -0.4 is 9.64 Å². The molecule has 2 aliphatic rings. The largest absolute Gasteiger partial charge is 0.429 e. The molecule has 2 fully saturated rings. The van der Waals surface area contributed by atoms with E-state index in [0.717, 1.165) is 17.5 Å². The van der Waals surface area contributed by atoms with Crippen molar-refractivity contribution in [2.45, 2.75) is 66.7 Å². The number of carbonyl (C=O) groups is 2. The summed E-state index contributed by atoms with van der Waals surface area (Å²) in [7, 11) is 0. The zero-order valence-corrected chi connectivity index (χ0v) is 23.2. The predicted molar refractivity (Wildman–Crippen MR) is 154 cm³/mol. The van der Waals surface area contributed by atoms with E-state index in [-0.39, 0.29) is 31.0 Å². The molecule has 2 aliphatic heterocycles. The number of benzene rings is 3. The van der Waals surface area contributed by atoms with E-state index in [1.807, 2.05) is 46.8 Å². The molecular formula is C32H41F2NO5. The van der Waals surface area contributed by atoms with Crippen LogP contribution in [0.4, 0.5) is 14.5 Å². The Kier molecular flexibility index (Phi) is 14.8. The highest BCUT2D eigenvalue weighted by atomic mass is 19.1. The third-order valence-corrected chi connectivity index (χ3v) is 6.01. The summed E-state index contributed by atoms with van der Waals surface area (Å²) in [5, 5.41) is 0. The summed E-state index contributed by atoms with van der Waals surface area (Å²) in [6.07, 6.45) is 1.14. The molecule has 3 aromatic carbocycles. The fraction of sp³-hybridized carbons (Fsp3) is 0.375. The van der Waals surface area contributed by atoms with Crippen LogP contribution in [0.1, 0.15) is 72.1 Å². The molecule has 2 heterocycles. The van der Waals surface area contributed by atoms with Crippen molar-refractivity contribution in [3.05, 3.63) is 95.6 Å². The van der Waals surface area contributed by atoms with Crippen LogP contribution in [0.3, 0.4) is 0 Å². The molecule has 0 radical (unpaired) electrons. The Morgan fingerprint density at radius 3 is 1.82 bits per heavy atom. The molecule has 40 heavy (non-hydrogen) atoms. The van der Waals surface area contributed by atoms with Gasteiger partial charge >= 0.3 is 0 Å². The Morgan fingerprint density at radius 1 is 0.875 bits per heavy atom. The lowest BCUT2D eigenvalue weighted by Gasteiger charge is -2.40. The summed E-state index contributed by atoms with van der Waals surface area (Å²) < 4.78 is 41.6. The number of nitrogens with zero attached hydrogens (tertiary/aromatic N) is 1. The van der Waals surface area contributed by atoms with Crippen LogP contribution in [0, 0.1) is 11.6 Å². The zero-order valence-electron chi connectivity index (χ0n) is 23.2. The van der Waals surface area contributed by atoms with Crippen LogP contribution in [0.25, 0.3) is 0 Å². The van der Waals surface area contributed by atoms with Gasteiger partial charge < -0.3 is 19.1 Å². The first-order chi connectivity index (χ1) is 19.0. The highest BCUT2D eigenvalue weighted by Crippen LogP contribution is 2.39.